The lowest BCUT2D eigenvalue weighted by molar-refractivity contribution is -0.171. The van der Waals surface area contributed by atoms with E-state index in [-0.39, 0.29) is 23.8 Å². The summed E-state index contributed by atoms with van der Waals surface area (Å²) in [5.41, 5.74) is -0.585. The molecule has 1 aliphatic heterocycles. The molecule has 2 fully saturated rings. The Morgan fingerprint density at radius 1 is 1.08 bits per heavy atom. The number of carbonyl (C=O) groups is 2. The van der Waals surface area contributed by atoms with Gasteiger partial charge in [-0.2, -0.15) is 0 Å². The topological polar surface area (TPSA) is 103 Å². The average Bonchev–Trinajstić information content (AvgIpc) is 3.38. The van der Waals surface area contributed by atoms with Crippen molar-refractivity contribution < 1.29 is 33.6 Å². The van der Waals surface area contributed by atoms with Crippen molar-refractivity contribution in [3.63, 3.8) is 0 Å². The third kappa shape index (κ3) is 10.4. The minimum atomic E-state index is -0.585. The number of aliphatic hydroxyl groups is 1. The second-order valence-corrected chi connectivity index (χ2v) is 11.2. The van der Waals surface area contributed by atoms with Crippen LogP contribution in [0.15, 0.2) is 12.2 Å². The van der Waals surface area contributed by atoms with Crippen LogP contribution in [0, 0.1) is 11.8 Å². The molecule has 1 saturated heterocycles. The molecule has 1 unspecified atom stereocenters. The number of methoxy groups -OCH3 is 1. The minimum Gasteiger partial charge on any atom is -0.469 e. The second kappa shape index (κ2) is 14.9. The van der Waals surface area contributed by atoms with Crippen LogP contribution in [0.4, 0.5) is 4.79 Å². The molecule has 2 N–H and O–H groups in total. The van der Waals surface area contributed by atoms with E-state index in [4.69, 9.17) is 14.2 Å². The van der Waals surface area contributed by atoms with E-state index in [0.717, 1.165) is 51.4 Å². The Morgan fingerprint density at radius 3 is 2.44 bits per heavy atom. The Balaban J connectivity index is 2.04. The number of unbranched alkanes of at least 4 members (excludes halogenated alkanes) is 3. The van der Waals surface area contributed by atoms with Crippen LogP contribution in [-0.4, -0.2) is 61.0 Å². The lowest BCUT2D eigenvalue weighted by Crippen LogP contribution is -2.42. The molecule has 2 rings (SSSR count). The van der Waals surface area contributed by atoms with Crippen LogP contribution in [0.2, 0.25) is 0 Å². The summed E-state index contributed by atoms with van der Waals surface area (Å²) in [5.74, 6) is -0.679. The van der Waals surface area contributed by atoms with Crippen LogP contribution >= 0.6 is 0 Å². The quantitative estimate of drug-likeness (QED) is 0.186. The number of aliphatic hydroxyl groups excluding tert-OH is 1. The number of alkyl carbamates (subject to hydrolysis) is 1. The first-order chi connectivity index (χ1) is 17.1. The first-order valence-corrected chi connectivity index (χ1v) is 13.8. The normalized spacial score (nSPS) is 25.8. The molecule has 0 aromatic rings. The van der Waals surface area contributed by atoms with Crippen molar-refractivity contribution in [2.75, 3.05) is 20.3 Å². The van der Waals surface area contributed by atoms with Gasteiger partial charge in [0.25, 0.3) is 0 Å². The van der Waals surface area contributed by atoms with Crippen molar-refractivity contribution in [3.8, 4) is 0 Å². The molecule has 0 radical (unpaired) electrons. The monoisotopic (exact) mass is 511 g/mol. The van der Waals surface area contributed by atoms with Crippen LogP contribution in [-0.2, 0) is 23.7 Å². The third-order valence-electron chi connectivity index (χ3n) is 7.15. The molecule has 1 amide bonds. The van der Waals surface area contributed by atoms with Gasteiger partial charge in [-0.1, -0.05) is 31.9 Å². The van der Waals surface area contributed by atoms with Crippen molar-refractivity contribution in [3.05, 3.63) is 12.2 Å². The van der Waals surface area contributed by atoms with Gasteiger partial charge < -0.3 is 29.4 Å². The van der Waals surface area contributed by atoms with Crippen LogP contribution in [0.1, 0.15) is 98.3 Å². The van der Waals surface area contributed by atoms with Gasteiger partial charge in [-0.15, -0.1) is 0 Å². The number of hydrogen-bond acceptors (Lipinski definition) is 7. The summed E-state index contributed by atoms with van der Waals surface area (Å²) in [7, 11) is 1.40. The van der Waals surface area contributed by atoms with Crippen LogP contribution in [0.25, 0.3) is 0 Å². The van der Waals surface area contributed by atoms with Gasteiger partial charge >= 0.3 is 12.1 Å². The molecule has 0 bridgehead atoms. The number of carbonyl (C=O) groups excluding carboxylic acids is 2. The fourth-order valence-electron chi connectivity index (χ4n) is 5.34. The van der Waals surface area contributed by atoms with E-state index < -0.39 is 23.6 Å². The largest absolute Gasteiger partial charge is 0.469 e. The van der Waals surface area contributed by atoms with Gasteiger partial charge in [0.05, 0.1) is 26.4 Å². The summed E-state index contributed by atoms with van der Waals surface area (Å²) in [6, 6.07) is -0.179. The molecule has 1 heterocycles. The van der Waals surface area contributed by atoms with Crippen LogP contribution in [0.3, 0.4) is 0 Å². The number of nitrogens with one attached hydrogen (secondary N) is 1. The first-order valence-electron chi connectivity index (χ1n) is 13.8. The van der Waals surface area contributed by atoms with E-state index >= 15 is 0 Å². The summed E-state index contributed by atoms with van der Waals surface area (Å²) < 4.78 is 22.4. The van der Waals surface area contributed by atoms with Gasteiger partial charge in [-0.3, -0.25) is 4.79 Å². The highest BCUT2D eigenvalue weighted by Gasteiger charge is 2.45. The number of rotatable bonds is 14. The maximum absolute atomic E-state index is 12.6. The molecule has 208 valence electrons. The minimum absolute atomic E-state index is 0.0101. The Kier molecular flexibility index (Phi) is 12.7. The van der Waals surface area contributed by atoms with E-state index in [2.05, 4.69) is 29.1 Å². The molecular weight excluding hydrogens is 462 g/mol. The molecule has 0 spiro atoms. The van der Waals surface area contributed by atoms with Gasteiger partial charge in [-0.25, -0.2) is 4.79 Å². The zero-order chi connectivity index (χ0) is 26.6. The molecule has 1 aliphatic carbocycles. The van der Waals surface area contributed by atoms with Crippen molar-refractivity contribution in [2.45, 2.75) is 122 Å². The number of ether oxygens (including phenoxy) is 4. The van der Waals surface area contributed by atoms with Crippen LogP contribution < -0.4 is 5.32 Å². The van der Waals surface area contributed by atoms with E-state index in [0.29, 0.717) is 32.5 Å². The zero-order valence-corrected chi connectivity index (χ0v) is 23.1. The molecule has 8 heteroatoms. The molecular formula is C28H49NO7. The first kappa shape index (κ1) is 30.6. The SMILES string of the molecule is CCCCCC1(CC[C@H]2C(NC(=O)OC(C)(C)C)C[C@H](O)[C@@H]2C/C=C\CCCC(=O)OC)OCCO1. The van der Waals surface area contributed by atoms with Crippen molar-refractivity contribution in [1.29, 1.82) is 0 Å². The van der Waals surface area contributed by atoms with Crippen molar-refractivity contribution in [2.24, 2.45) is 11.8 Å². The van der Waals surface area contributed by atoms with E-state index in [1.807, 2.05) is 20.8 Å². The highest BCUT2D eigenvalue weighted by Crippen LogP contribution is 2.41. The summed E-state index contributed by atoms with van der Waals surface area (Å²) in [4.78, 5) is 23.9. The predicted molar refractivity (Wildman–Crippen MR) is 138 cm³/mol. The van der Waals surface area contributed by atoms with Crippen molar-refractivity contribution in [1.82, 2.24) is 5.32 Å². The summed E-state index contributed by atoms with van der Waals surface area (Å²) in [6.45, 7) is 8.93. The maximum Gasteiger partial charge on any atom is 0.407 e. The summed E-state index contributed by atoms with van der Waals surface area (Å²) in [5, 5.41) is 14.0. The zero-order valence-electron chi connectivity index (χ0n) is 23.1. The molecule has 1 saturated carbocycles. The van der Waals surface area contributed by atoms with E-state index in [9.17, 15) is 14.7 Å². The lowest BCUT2D eigenvalue weighted by atomic mass is 9.84. The highest BCUT2D eigenvalue weighted by atomic mass is 16.7. The third-order valence-corrected chi connectivity index (χ3v) is 7.15. The number of allylic oxidation sites excluding steroid dienone is 2. The number of amides is 1. The van der Waals surface area contributed by atoms with E-state index in [1.54, 1.807) is 0 Å². The number of hydrogen-bond donors (Lipinski definition) is 2. The fraction of sp³-hybridized carbons (Fsp3) is 0.857. The summed E-state index contributed by atoms with van der Waals surface area (Å²) in [6.07, 6.45) is 12.0. The fourth-order valence-corrected chi connectivity index (χ4v) is 5.34. The van der Waals surface area contributed by atoms with Gasteiger partial charge in [0.15, 0.2) is 5.79 Å². The molecule has 0 aromatic heterocycles. The Hall–Kier alpha value is -1.64. The predicted octanol–water partition coefficient (Wildman–Crippen LogP) is 5.27. The van der Waals surface area contributed by atoms with E-state index in [1.165, 1.54) is 7.11 Å². The maximum atomic E-state index is 12.6. The molecule has 0 aromatic carbocycles. The second-order valence-electron chi connectivity index (χ2n) is 11.2. The van der Waals surface area contributed by atoms with Gasteiger partial charge in [0.2, 0.25) is 0 Å². The average molecular weight is 512 g/mol. The van der Waals surface area contributed by atoms with Crippen LogP contribution in [0.5, 0.6) is 0 Å². The molecule has 4 atom stereocenters. The summed E-state index contributed by atoms with van der Waals surface area (Å²) >= 11 is 0. The Morgan fingerprint density at radius 2 is 1.81 bits per heavy atom. The Bertz CT molecular complexity index is 697. The van der Waals surface area contributed by atoms with Gasteiger partial charge in [-0.05, 0) is 71.1 Å². The lowest BCUT2D eigenvalue weighted by Gasteiger charge is -2.32. The Labute approximate surface area is 217 Å². The molecule has 8 nitrogen and oxygen atoms in total. The molecule has 36 heavy (non-hydrogen) atoms. The molecule has 2 aliphatic rings. The van der Waals surface area contributed by atoms with Crippen molar-refractivity contribution >= 4 is 12.1 Å². The van der Waals surface area contributed by atoms with Gasteiger partial charge in [0.1, 0.15) is 5.60 Å². The van der Waals surface area contributed by atoms with Gasteiger partial charge in [0, 0.05) is 25.3 Å². The highest BCUT2D eigenvalue weighted by molar-refractivity contribution is 5.69. The standard InChI is InChI=1S/C28H49NO7/c1-6-7-12-16-28(34-18-19-35-28)17-15-21-22(13-10-8-9-11-14-25(31)33-5)24(30)20-23(21)29-26(32)36-27(2,3)4/h8,10,21-24,30H,6-7,9,11-20H2,1-5H3,(H,29,32)/b10-8-/t21-,22-,23?,24+/m1/s1. The smallest absolute Gasteiger partial charge is 0.407 e. The number of esters is 1.